The Morgan fingerprint density at radius 1 is 1.24 bits per heavy atom. The van der Waals surface area contributed by atoms with E-state index in [0.717, 1.165) is 25.1 Å². The van der Waals surface area contributed by atoms with Crippen molar-refractivity contribution in [2.45, 2.75) is 39.2 Å². The molecule has 4 nitrogen and oxygen atoms in total. The highest BCUT2D eigenvalue weighted by atomic mass is 19.2. The van der Waals surface area contributed by atoms with Crippen LogP contribution in [0.5, 0.6) is 0 Å². The van der Waals surface area contributed by atoms with Crippen LogP contribution in [0.25, 0.3) is 11.4 Å². The third-order valence-electron chi connectivity index (χ3n) is 3.48. The average molecular weight is 295 g/mol. The Morgan fingerprint density at radius 3 is 2.67 bits per heavy atom. The Morgan fingerprint density at radius 2 is 2.00 bits per heavy atom. The number of aromatic nitrogens is 2. The van der Waals surface area contributed by atoms with Gasteiger partial charge in [0.1, 0.15) is 0 Å². The molecule has 0 radical (unpaired) electrons. The van der Waals surface area contributed by atoms with E-state index in [2.05, 4.69) is 22.4 Å². The maximum atomic E-state index is 13.2. The van der Waals surface area contributed by atoms with E-state index in [0.29, 0.717) is 11.5 Å². The smallest absolute Gasteiger partial charge is 0.231 e. The van der Waals surface area contributed by atoms with Crippen molar-refractivity contribution in [1.29, 1.82) is 0 Å². The molecule has 2 atom stereocenters. The third kappa shape index (κ3) is 3.64. The van der Waals surface area contributed by atoms with E-state index in [9.17, 15) is 8.78 Å². The maximum Gasteiger partial charge on any atom is 0.231 e. The summed E-state index contributed by atoms with van der Waals surface area (Å²) in [5.41, 5.74) is 0.394. The molecule has 21 heavy (non-hydrogen) atoms. The molecule has 0 fully saturated rings. The molecule has 114 valence electrons. The van der Waals surface area contributed by atoms with Gasteiger partial charge >= 0.3 is 0 Å². The van der Waals surface area contributed by atoms with Crippen molar-refractivity contribution in [3.8, 4) is 11.4 Å². The molecular weight excluding hydrogens is 276 g/mol. The number of nitrogens with one attached hydrogen (secondary N) is 1. The third-order valence-corrected chi connectivity index (χ3v) is 3.48. The van der Waals surface area contributed by atoms with Crippen molar-refractivity contribution in [2.24, 2.45) is 0 Å². The molecule has 0 amide bonds. The predicted molar refractivity (Wildman–Crippen MR) is 75.8 cm³/mol. The highest BCUT2D eigenvalue weighted by molar-refractivity contribution is 5.54. The van der Waals surface area contributed by atoms with Crippen LogP contribution in [-0.4, -0.2) is 22.7 Å². The molecule has 1 aromatic carbocycles. The SMILES string of the molecule is CCCNC(C)C(C)c1nc(-c2ccc(F)c(F)c2)no1. The minimum atomic E-state index is -0.926. The van der Waals surface area contributed by atoms with Crippen LogP contribution >= 0.6 is 0 Å². The lowest BCUT2D eigenvalue weighted by atomic mass is 10.0. The molecule has 1 heterocycles. The highest BCUT2D eigenvalue weighted by Gasteiger charge is 2.21. The van der Waals surface area contributed by atoms with Gasteiger partial charge in [-0.05, 0) is 38.1 Å². The van der Waals surface area contributed by atoms with E-state index >= 15 is 0 Å². The number of nitrogens with zero attached hydrogens (tertiary/aromatic N) is 2. The summed E-state index contributed by atoms with van der Waals surface area (Å²) < 4.78 is 31.4. The Kier molecular flexibility index (Phi) is 5.01. The number of rotatable bonds is 6. The number of hydrogen-bond acceptors (Lipinski definition) is 4. The van der Waals surface area contributed by atoms with E-state index in [1.54, 1.807) is 0 Å². The Bertz CT molecular complexity index is 600. The van der Waals surface area contributed by atoms with Crippen molar-refractivity contribution < 1.29 is 13.3 Å². The van der Waals surface area contributed by atoms with Gasteiger partial charge < -0.3 is 9.84 Å². The molecule has 2 aromatic rings. The zero-order chi connectivity index (χ0) is 15.4. The maximum absolute atomic E-state index is 13.2. The first-order valence-electron chi connectivity index (χ1n) is 7.05. The average Bonchev–Trinajstić information content (AvgIpc) is 2.96. The van der Waals surface area contributed by atoms with Crippen LogP contribution in [0.2, 0.25) is 0 Å². The summed E-state index contributed by atoms with van der Waals surface area (Å²) in [6, 6.07) is 3.72. The molecule has 2 unspecified atom stereocenters. The van der Waals surface area contributed by atoms with Gasteiger partial charge in [0.25, 0.3) is 0 Å². The summed E-state index contributed by atoms with van der Waals surface area (Å²) >= 11 is 0. The van der Waals surface area contributed by atoms with Crippen molar-refractivity contribution in [1.82, 2.24) is 15.5 Å². The van der Waals surface area contributed by atoms with Gasteiger partial charge in [0.05, 0.1) is 5.92 Å². The van der Waals surface area contributed by atoms with Crippen LogP contribution in [0.15, 0.2) is 22.7 Å². The molecule has 0 aliphatic rings. The van der Waals surface area contributed by atoms with Gasteiger partial charge in [-0.3, -0.25) is 0 Å². The van der Waals surface area contributed by atoms with E-state index in [1.165, 1.54) is 6.07 Å². The van der Waals surface area contributed by atoms with Gasteiger partial charge in [-0.25, -0.2) is 8.78 Å². The van der Waals surface area contributed by atoms with Crippen LogP contribution in [-0.2, 0) is 0 Å². The molecule has 0 bridgehead atoms. The normalized spacial score (nSPS) is 14.1. The minimum absolute atomic E-state index is 0.0306. The fourth-order valence-corrected chi connectivity index (χ4v) is 1.94. The second-order valence-corrected chi connectivity index (χ2v) is 5.12. The van der Waals surface area contributed by atoms with E-state index < -0.39 is 11.6 Å². The zero-order valence-electron chi connectivity index (χ0n) is 12.4. The summed E-state index contributed by atoms with van der Waals surface area (Å²) in [4.78, 5) is 4.27. The minimum Gasteiger partial charge on any atom is -0.339 e. The first-order chi connectivity index (χ1) is 10.0. The molecule has 0 aliphatic carbocycles. The van der Waals surface area contributed by atoms with Gasteiger partial charge in [0.2, 0.25) is 11.7 Å². The second kappa shape index (κ2) is 6.76. The number of halogens is 2. The lowest BCUT2D eigenvalue weighted by Gasteiger charge is -2.17. The quantitative estimate of drug-likeness (QED) is 0.886. The van der Waals surface area contributed by atoms with Gasteiger partial charge in [-0.2, -0.15) is 4.98 Å². The van der Waals surface area contributed by atoms with Crippen LogP contribution in [0.1, 0.15) is 39.0 Å². The standard InChI is InChI=1S/C15H19F2N3O/c1-4-7-18-10(3)9(2)15-19-14(20-21-15)11-5-6-12(16)13(17)8-11/h5-6,8-10,18H,4,7H2,1-3H3. The summed E-state index contributed by atoms with van der Waals surface area (Å²) in [6.45, 7) is 7.03. The van der Waals surface area contributed by atoms with Crippen molar-refractivity contribution in [2.75, 3.05) is 6.54 Å². The topological polar surface area (TPSA) is 51.0 Å². The molecule has 0 saturated carbocycles. The summed E-state index contributed by atoms with van der Waals surface area (Å²) in [5, 5.41) is 7.20. The fraction of sp³-hybridized carbons (Fsp3) is 0.467. The first kappa shape index (κ1) is 15.6. The highest BCUT2D eigenvalue weighted by Crippen LogP contribution is 2.23. The summed E-state index contributed by atoms with van der Waals surface area (Å²) in [5.74, 6) is -1.05. The van der Waals surface area contributed by atoms with Gasteiger partial charge in [-0.15, -0.1) is 0 Å². The molecule has 0 aliphatic heterocycles. The lowest BCUT2D eigenvalue weighted by Crippen LogP contribution is -2.31. The van der Waals surface area contributed by atoms with Crippen molar-refractivity contribution in [3.05, 3.63) is 35.7 Å². The van der Waals surface area contributed by atoms with Crippen molar-refractivity contribution in [3.63, 3.8) is 0 Å². The second-order valence-electron chi connectivity index (χ2n) is 5.12. The van der Waals surface area contributed by atoms with Gasteiger partial charge in [0.15, 0.2) is 11.6 Å². The molecule has 0 spiro atoms. The summed E-state index contributed by atoms with van der Waals surface area (Å²) in [7, 11) is 0. The van der Waals surface area contributed by atoms with Crippen LogP contribution in [0.4, 0.5) is 8.78 Å². The lowest BCUT2D eigenvalue weighted by molar-refractivity contribution is 0.331. The Labute approximate surface area is 122 Å². The zero-order valence-corrected chi connectivity index (χ0v) is 12.4. The largest absolute Gasteiger partial charge is 0.339 e. The Hall–Kier alpha value is -1.82. The van der Waals surface area contributed by atoms with Gasteiger partial charge in [0, 0.05) is 11.6 Å². The van der Waals surface area contributed by atoms with Crippen LogP contribution < -0.4 is 5.32 Å². The van der Waals surface area contributed by atoms with Crippen LogP contribution in [0.3, 0.4) is 0 Å². The van der Waals surface area contributed by atoms with Crippen LogP contribution in [0, 0.1) is 11.6 Å². The number of hydrogen-bond donors (Lipinski definition) is 1. The van der Waals surface area contributed by atoms with Gasteiger partial charge in [-0.1, -0.05) is 19.0 Å². The fourth-order valence-electron chi connectivity index (χ4n) is 1.94. The molecule has 1 N–H and O–H groups in total. The predicted octanol–water partition coefficient (Wildman–Crippen LogP) is 3.51. The molecule has 6 heteroatoms. The molecule has 1 aromatic heterocycles. The molecule has 2 rings (SSSR count). The Balaban J connectivity index is 2.15. The van der Waals surface area contributed by atoms with E-state index in [4.69, 9.17) is 4.52 Å². The molecule has 0 saturated heterocycles. The van der Waals surface area contributed by atoms with Crippen molar-refractivity contribution >= 4 is 0 Å². The monoisotopic (exact) mass is 295 g/mol. The summed E-state index contributed by atoms with van der Waals surface area (Å²) in [6.07, 6.45) is 1.04. The van der Waals surface area contributed by atoms with E-state index in [-0.39, 0.29) is 17.8 Å². The molecular formula is C15H19F2N3O. The first-order valence-corrected chi connectivity index (χ1v) is 7.05. The van der Waals surface area contributed by atoms with E-state index in [1.807, 2.05) is 13.8 Å². The number of benzene rings is 1.